The number of rotatable bonds is 7. The Hall–Kier alpha value is -1.88. The molecule has 116 valence electrons. The van der Waals surface area contributed by atoms with E-state index in [1.165, 1.54) is 0 Å². The first-order valence-electron chi connectivity index (χ1n) is 7.05. The number of amides is 1. The zero-order valence-corrected chi connectivity index (χ0v) is 12.9. The Balaban J connectivity index is 2.68. The fraction of sp³-hybridized carbons (Fsp3) is 0.500. The van der Waals surface area contributed by atoms with Crippen LogP contribution in [0, 0.1) is 5.92 Å². The van der Waals surface area contributed by atoms with Crippen LogP contribution >= 0.6 is 0 Å². The average Bonchev–Trinajstić information content (AvgIpc) is 2.42. The molecular weight excluding hydrogens is 270 g/mol. The number of aliphatic carboxylic acids is 1. The summed E-state index contributed by atoms with van der Waals surface area (Å²) >= 11 is 0. The first kappa shape index (κ1) is 17.2. The van der Waals surface area contributed by atoms with Crippen LogP contribution in [-0.2, 0) is 16.1 Å². The number of benzene rings is 1. The molecule has 21 heavy (non-hydrogen) atoms. The van der Waals surface area contributed by atoms with Gasteiger partial charge in [0.05, 0.1) is 12.7 Å². The molecule has 1 aromatic rings. The number of carbonyl (C=O) groups excluding carboxylic acids is 1. The molecule has 1 rings (SSSR count). The lowest BCUT2D eigenvalue weighted by atomic mass is 10.0. The molecule has 1 amide bonds. The van der Waals surface area contributed by atoms with Gasteiger partial charge >= 0.3 is 5.97 Å². The Labute approximate surface area is 125 Å². The van der Waals surface area contributed by atoms with E-state index in [1.807, 2.05) is 26.0 Å². The molecule has 0 fully saturated rings. The van der Waals surface area contributed by atoms with Gasteiger partial charge in [-0.2, -0.15) is 0 Å². The van der Waals surface area contributed by atoms with Crippen LogP contribution in [0.1, 0.15) is 43.6 Å². The highest BCUT2D eigenvalue weighted by atomic mass is 16.5. The summed E-state index contributed by atoms with van der Waals surface area (Å²) in [6, 6.07) is 6.08. The van der Waals surface area contributed by atoms with Crippen LogP contribution in [0.4, 0.5) is 0 Å². The summed E-state index contributed by atoms with van der Waals surface area (Å²) in [5.41, 5.74) is 1.41. The fourth-order valence-electron chi connectivity index (χ4n) is 1.75. The van der Waals surface area contributed by atoms with Gasteiger partial charge in [-0.1, -0.05) is 26.0 Å². The molecule has 1 aromatic carbocycles. The lowest BCUT2D eigenvalue weighted by molar-refractivity contribution is -0.140. The summed E-state index contributed by atoms with van der Waals surface area (Å²) in [4.78, 5) is 23.1. The summed E-state index contributed by atoms with van der Waals surface area (Å²) in [7, 11) is 0. The Morgan fingerprint density at radius 1 is 1.14 bits per heavy atom. The van der Waals surface area contributed by atoms with Crippen molar-refractivity contribution in [2.24, 2.45) is 5.92 Å². The zero-order chi connectivity index (χ0) is 16.0. The monoisotopic (exact) mass is 293 g/mol. The largest absolute Gasteiger partial charge is 0.480 e. The third-order valence-electron chi connectivity index (χ3n) is 3.02. The number of ether oxygens (including phenoxy) is 1. The Morgan fingerprint density at radius 3 is 2.14 bits per heavy atom. The van der Waals surface area contributed by atoms with Crippen molar-refractivity contribution in [2.75, 3.05) is 0 Å². The normalized spacial score (nSPS) is 12.5. The van der Waals surface area contributed by atoms with E-state index in [0.29, 0.717) is 12.2 Å². The van der Waals surface area contributed by atoms with Gasteiger partial charge in [0, 0.05) is 5.56 Å². The minimum Gasteiger partial charge on any atom is -0.480 e. The maximum Gasteiger partial charge on any atom is 0.326 e. The van der Waals surface area contributed by atoms with Crippen LogP contribution in [0.5, 0.6) is 0 Å². The third-order valence-corrected chi connectivity index (χ3v) is 3.02. The van der Waals surface area contributed by atoms with Gasteiger partial charge in [0.15, 0.2) is 0 Å². The van der Waals surface area contributed by atoms with Crippen LogP contribution < -0.4 is 5.32 Å². The molecule has 0 aliphatic heterocycles. The smallest absolute Gasteiger partial charge is 0.326 e. The molecule has 1 atom stereocenters. The van der Waals surface area contributed by atoms with Crippen LogP contribution in [0.25, 0.3) is 0 Å². The van der Waals surface area contributed by atoms with Crippen molar-refractivity contribution < 1.29 is 19.4 Å². The van der Waals surface area contributed by atoms with Gasteiger partial charge in [-0.25, -0.2) is 4.79 Å². The molecule has 5 heteroatoms. The Bertz CT molecular complexity index is 480. The lowest BCUT2D eigenvalue weighted by Crippen LogP contribution is -2.44. The Kier molecular flexibility index (Phi) is 6.37. The van der Waals surface area contributed by atoms with E-state index < -0.39 is 12.0 Å². The minimum atomic E-state index is -1.03. The SMILES string of the molecule is CC(C)OCc1ccc(C(=O)NC(C(=O)O)C(C)C)cc1. The van der Waals surface area contributed by atoms with E-state index in [9.17, 15) is 9.59 Å². The van der Waals surface area contributed by atoms with Crippen molar-refractivity contribution in [1.29, 1.82) is 0 Å². The third kappa shape index (κ3) is 5.55. The van der Waals surface area contributed by atoms with Crippen molar-refractivity contribution in [3.05, 3.63) is 35.4 Å². The van der Waals surface area contributed by atoms with Gasteiger partial charge in [-0.15, -0.1) is 0 Å². The van der Waals surface area contributed by atoms with Crippen LogP contribution in [-0.4, -0.2) is 29.1 Å². The highest BCUT2D eigenvalue weighted by molar-refractivity contribution is 5.96. The molecule has 2 N–H and O–H groups in total. The number of hydrogen-bond donors (Lipinski definition) is 2. The van der Waals surface area contributed by atoms with Crippen LogP contribution in [0.3, 0.4) is 0 Å². The molecule has 0 heterocycles. The Morgan fingerprint density at radius 2 is 1.71 bits per heavy atom. The van der Waals surface area contributed by atoms with E-state index in [-0.39, 0.29) is 17.9 Å². The molecule has 0 spiro atoms. The summed E-state index contributed by atoms with van der Waals surface area (Å²) in [6.45, 7) is 7.92. The number of carboxylic acids is 1. The van der Waals surface area contributed by atoms with Gasteiger partial charge < -0.3 is 15.2 Å². The van der Waals surface area contributed by atoms with Crippen molar-refractivity contribution in [2.45, 2.75) is 46.4 Å². The topological polar surface area (TPSA) is 75.6 Å². The standard InChI is InChI=1S/C16H23NO4/c1-10(2)14(16(19)20)17-15(18)13-7-5-12(6-8-13)9-21-11(3)4/h5-8,10-11,14H,9H2,1-4H3,(H,17,18)(H,19,20). The second kappa shape index (κ2) is 7.78. The molecule has 0 aliphatic carbocycles. The molecule has 5 nitrogen and oxygen atoms in total. The predicted octanol–water partition coefficient (Wildman–Crippen LogP) is 2.45. The van der Waals surface area contributed by atoms with Gasteiger partial charge in [0.2, 0.25) is 0 Å². The molecule has 0 bridgehead atoms. The zero-order valence-electron chi connectivity index (χ0n) is 12.9. The number of nitrogens with one attached hydrogen (secondary N) is 1. The first-order chi connectivity index (χ1) is 9.81. The average molecular weight is 293 g/mol. The molecule has 0 saturated heterocycles. The second-order valence-electron chi connectivity index (χ2n) is 5.59. The van der Waals surface area contributed by atoms with E-state index in [0.717, 1.165) is 5.56 Å². The van der Waals surface area contributed by atoms with Crippen molar-refractivity contribution in [3.8, 4) is 0 Å². The molecule has 0 saturated carbocycles. The quantitative estimate of drug-likeness (QED) is 0.809. The predicted molar refractivity (Wildman–Crippen MR) is 80.1 cm³/mol. The summed E-state index contributed by atoms with van der Waals surface area (Å²) in [6.07, 6.45) is 0.148. The minimum absolute atomic E-state index is 0.148. The molecule has 1 unspecified atom stereocenters. The van der Waals surface area contributed by atoms with E-state index in [1.54, 1.807) is 26.0 Å². The summed E-state index contributed by atoms with van der Waals surface area (Å²) in [5, 5.41) is 11.6. The van der Waals surface area contributed by atoms with Gasteiger partial charge in [0.1, 0.15) is 6.04 Å². The molecular formula is C16H23NO4. The highest BCUT2D eigenvalue weighted by Crippen LogP contribution is 2.09. The van der Waals surface area contributed by atoms with E-state index in [4.69, 9.17) is 9.84 Å². The molecule has 0 aliphatic rings. The fourth-order valence-corrected chi connectivity index (χ4v) is 1.75. The van der Waals surface area contributed by atoms with Crippen molar-refractivity contribution in [3.63, 3.8) is 0 Å². The lowest BCUT2D eigenvalue weighted by Gasteiger charge is -2.18. The summed E-state index contributed by atoms with van der Waals surface area (Å²) < 4.78 is 5.48. The number of carbonyl (C=O) groups is 2. The second-order valence-corrected chi connectivity index (χ2v) is 5.59. The van der Waals surface area contributed by atoms with Crippen LogP contribution in [0.15, 0.2) is 24.3 Å². The van der Waals surface area contributed by atoms with Gasteiger partial charge in [0.25, 0.3) is 5.91 Å². The summed E-state index contributed by atoms with van der Waals surface area (Å²) in [5.74, 6) is -1.59. The van der Waals surface area contributed by atoms with Gasteiger partial charge in [-0.3, -0.25) is 4.79 Å². The van der Waals surface area contributed by atoms with Crippen LogP contribution in [0.2, 0.25) is 0 Å². The number of carboxylic acid groups (broad SMARTS) is 1. The maximum atomic E-state index is 12.0. The van der Waals surface area contributed by atoms with Crippen molar-refractivity contribution >= 4 is 11.9 Å². The highest BCUT2D eigenvalue weighted by Gasteiger charge is 2.23. The van der Waals surface area contributed by atoms with E-state index in [2.05, 4.69) is 5.32 Å². The molecule has 0 radical (unpaired) electrons. The van der Waals surface area contributed by atoms with Crippen molar-refractivity contribution in [1.82, 2.24) is 5.32 Å². The maximum absolute atomic E-state index is 12.0. The van der Waals surface area contributed by atoms with Gasteiger partial charge in [-0.05, 0) is 37.5 Å². The number of hydrogen-bond acceptors (Lipinski definition) is 3. The molecule has 0 aromatic heterocycles. The van der Waals surface area contributed by atoms with E-state index >= 15 is 0 Å². The first-order valence-corrected chi connectivity index (χ1v) is 7.05.